The Hall–Kier alpha value is -3.31. The van der Waals surface area contributed by atoms with E-state index in [1.54, 1.807) is 11.3 Å². The van der Waals surface area contributed by atoms with Gasteiger partial charge in [0.25, 0.3) is 0 Å². The second kappa shape index (κ2) is 6.69. The first-order valence-electron chi connectivity index (χ1n) is 9.16. The van der Waals surface area contributed by atoms with E-state index in [4.69, 9.17) is 4.98 Å². The molecule has 5 heteroatoms. The number of rotatable bonds is 3. The molecule has 0 spiro atoms. The van der Waals surface area contributed by atoms with E-state index >= 15 is 0 Å². The van der Waals surface area contributed by atoms with Crippen LogP contribution < -0.4 is 0 Å². The van der Waals surface area contributed by atoms with Crippen molar-refractivity contribution in [2.45, 2.75) is 12.8 Å². The summed E-state index contributed by atoms with van der Waals surface area (Å²) in [5.41, 5.74) is 5.25. The number of thiazole rings is 1. The van der Waals surface area contributed by atoms with Gasteiger partial charge in [0.2, 0.25) is 11.8 Å². The van der Waals surface area contributed by atoms with Crippen molar-refractivity contribution in [1.82, 2.24) is 9.55 Å². The minimum atomic E-state index is 0.0798. The smallest absolute Gasteiger partial charge is 0.206 e. The zero-order valence-corrected chi connectivity index (χ0v) is 15.9. The molecule has 0 atom stereocenters. The number of fused-ring (bicyclic) bond motifs is 1. The molecule has 28 heavy (non-hydrogen) atoms. The lowest BCUT2D eigenvalue weighted by Crippen LogP contribution is -1.93. The van der Waals surface area contributed by atoms with E-state index in [0.717, 1.165) is 45.9 Å². The monoisotopic (exact) mass is 386 g/mol. The molecule has 2 N–H and O–H groups in total. The summed E-state index contributed by atoms with van der Waals surface area (Å²) in [5.74, 6) is 0.195. The Bertz CT molecular complexity index is 1170. The fourth-order valence-electron chi connectivity index (χ4n) is 3.61. The van der Waals surface area contributed by atoms with Crippen molar-refractivity contribution in [2.75, 3.05) is 0 Å². The van der Waals surface area contributed by atoms with Gasteiger partial charge in [0.15, 0.2) is 0 Å². The molecule has 4 nitrogen and oxygen atoms in total. The number of aromatic nitrogens is 2. The van der Waals surface area contributed by atoms with Crippen LogP contribution in [0.2, 0.25) is 0 Å². The molecular weight excluding hydrogens is 368 g/mol. The van der Waals surface area contributed by atoms with E-state index in [0.29, 0.717) is 5.56 Å². The molecule has 4 aromatic rings. The van der Waals surface area contributed by atoms with Crippen LogP contribution in [0.25, 0.3) is 33.6 Å². The van der Waals surface area contributed by atoms with Gasteiger partial charge < -0.3 is 10.2 Å². The Labute approximate surface area is 166 Å². The van der Waals surface area contributed by atoms with Gasteiger partial charge in [-0.3, -0.25) is 4.57 Å². The van der Waals surface area contributed by atoms with Crippen LogP contribution in [-0.2, 0) is 6.42 Å². The molecule has 0 amide bonds. The molecule has 2 heterocycles. The van der Waals surface area contributed by atoms with E-state index < -0.39 is 0 Å². The minimum Gasteiger partial charge on any atom is -0.494 e. The van der Waals surface area contributed by atoms with Gasteiger partial charge >= 0.3 is 0 Å². The Morgan fingerprint density at radius 1 is 0.893 bits per heavy atom. The van der Waals surface area contributed by atoms with Crippen molar-refractivity contribution in [3.8, 4) is 39.3 Å². The summed E-state index contributed by atoms with van der Waals surface area (Å²) in [6.07, 6.45) is 5.49. The number of aromatic hydroxyl groups is 2. The highest BCUT2D eigenvalue weighted by Crippen LogP contribution is 2.40. The number of nitrogens with zero attached hydrogens (tertiary/aromatic N) is 2. The molecule has 5 rings (SSSR count). The predicted molar refractivity (Wildman–Crippen MR) is 113 cm³/mol. The first kappa shape index (κ1) is 16.8. The maximum atomic E-state index is 10.6. The third-order valence-corrected chi connectivity index (χ3v) is 5.94. The van der Waals surface area contributed by atoms with Gasteiger partial charge in [0.1, 0.15) is 5.01 Å². The average molecular weight is 386 g/mol. The van der Waals surface area contributed by atoms with Gasteiger partial charge in [-0.1, -0.05) is 54.6 Å². The van der Waals surface area contributed by atoms with Gasteiger partial charge in [-0.05, 0) is 25.0 Å². The number of benzene rings is 2. The quantitative estimate of drug-likeness (QED) is 0.479. The van der Waals surface area contributed by atoms with E-state index in [9.17, 15) is 10.2 Å². The standard InChI is InChI=1S/C23H18N2O2S/c26-22-18-8-4-5-9-19(18)23(27)25(22)17-12-10-15(11-13-17)20-14-28-21(24-20)16-6-2-1-3-7-16/h1-4,6-8,10-14,26-27H,5,9H2. The number of hydrogen-bond donors (Lipinski definition) is 2. The molecule has 0 radical (unpaired) electrons. The Morgan fingerprint density at radius 2 is 1.68 bits per heavy atom. The summed E-state index contributed by atoms with van der Waals surface area (Å²) < 4.78 is 1.50. The second-order valence-corrected chi connectivity index (χ2v) is 7.62. The summed E-state index contributed by atoms with van der Waals surface area (Å²) in [5, 5.41) is 24.2. The fraction of sp³-hybridized carbons (Fsp3) is 0.0870. The van der Waals surface area contributed by atoms with Gasteiger partial charge in [-0.2, -0.15) is 0 Å². The van der Waals surface area contributed by atoms with Crippen LogP contribution in [0.5, 0.6) is 11.8 Å². The van der Waals surface area contributed by atoms with Crippen molar-refractivity contribution in [3.05, 3.63) is 77.2 Å². The van der Waals surface area contributed by atoms with Crippen LogP contribution in [0.1, 0.15) is 17.5 Å². The molecule has 1 aliphatic rings. The zero-order valence-electron chi connectivity index (χ0n) is 15.0. The van der Waals surface area contributed by atoms with Crippen LogP contribution >= 0.6 is 11.3 Å². The van der Waals surface area contributed by atoms with Crippen LogP contribution in [0, 0.1) is 0 Å². The van der Waals surface area contributed by atoms with Gasteiger partial charge in [0, 0.05) is 27.6 Å². The van der Waals surface area contributed by atoms with E-state index in [2.05, 4.69) is 12.1 Å². The summed E-state index contributed by atoms with van der Waals surface area (Å²) in [6.45, 7) is 0. The number of allylic oxidation sites excluding steroid dienone is 1. The van der Waals surface area contributed by atoms with Crippen LogP contribution in [-0.4, -0.2) is 19.8 Å². The van der Waals surface area contributed by atoms with E-state index in [1.807, 2.05) is 60.0 Å². The molecule has 1 aliphatic carbocycles. The lowest BCUT2D eigenvalue weighted by atomic mass is 10.0. The van der Waals surface area contributed by atoms with E-state index in [-0.39, 0.29) is 11.8 Å². The fourth-order valence-corrected chi connectivity index (χ4v) is 4.44. The third-order valence-electron chi connectivity index (χ3n) is 5.05. The Balaban J connectivity index is 1.49. The molecule has 2 aromatic heterocycles. The molecule has 0 bridgehead atoms. The van der Waals surface area contributed by atoms with Gasteiger partial charge in [-0.25, -0.2) is 4.98 Å². The molecule has 0 saturated carbocycles. The molecule has 0 aliphatic heterocycles. The summed E-state index contributed by atoms with van der Waals surface area (Å²) in [4.78, 5) is 4.75. The first-order chi connectivity index (χ1) is 13.7. The van der Waals surface area contributed by atoms with Crippen LogP contribution in [0.4, 0.5) is 0 Å². The van der Waals surface area contributed by atoms with Gasteiger partial charge in [-0.15, -0.1) is 11.3 Å². The zero-order chi connectivity index (χ0) is 19.1. The molecule has 0 saturated heterocycles. The average Bonchev–Trinajstić information content (AvgIpc) is 3.33. The van der Waals surface area contributed by atoms with Crippen molar-refractivity contribution in [3.63, 3.8) is 0 Å². The van der Waals surface area contributed by atoms with Crippen molar-refractivity contribution < 1.29 is 10.2 Å². The maximum Gasteiger partial charge on any atom is 0.206 e. The summed E-state index contributed by atoms with van der Waals surface area (Å²) in [7, 11) is 0. The minimum absolute atomic E-state index is 0.0798. The Morgan fingerprint density at radius 3 is 2.43 bits per heavy atom. The Kier molecular flexibility index (Phi) is 4.02. The van der Waals surface area contributed by atoms with Crippen LogP contribution in [0.15, 0.2) is 66.1 Å². The van der Waals surface area contributed by atoms with E-state index in [1.165, 1.54) is 4.57 Å². The lowest BCUT2D eigenvalue weighted by molar-refractivity contribution is 0.400. The predicted octanol–water partition coefficient (Wildman–Crippen LogP) is 5.64. The molecule has 2 aromatic carbocycles. The molecule has 0 fully saturated rings. The van der Waals surface area contributed by atoms with Crippen molar-refractivity contribution in [2.24, 2.45) is 0 Å². The maximum absolute atomic E-state index is 10.6. The summed E-state index contributed by atoms with van der Waals surface area (Å²) in [6, 6.07) is 17.8. The topological polar surface area (TPSA) is 58.3 Å². The molecule has 138 valence electrons. The number of hydrogen-bond acceptors (Lipinski definition) is 4. The van der Waals surface area contributed by atoms with Crippen molar-refractivity contribution in [1.29, 1.82) is 0 Å². The third kappa shape index (κ3) is 2.72. The highest BCUT2D eigenvalue weighted by Gasteiger charge is 2.23. The van der Waals surface area contributed by atoms with Crippen molar-refractivity contribution >= 4 is 17.4 Å². The second-order valence-electron chi connectivity index (χ2n) is 6.77. The summed E-state index contributed by atoms with van der Waals surface area (Å²) >= 11 is 1.62. The lowest BCUT2D eigenvalue weighted by Gasteiger charge is -2.08. The SMILES string of the molecule is Oc1c2c(c(O)n1-c1ccc(-c3csc(-c4ccccc4)n3)cc1)CCC=C2. The largest absolute Gasteiger partial charge is 0.494 e. The highest BCUT2D eigenvalue weighted by atomic mass is 32.1. The first-order valence-corrected chi connectivity index (χ1v) is 10.0. The highest BCUT2D eigenvalue weighted by molar-refractivity contribution is 7.13. The molecular formula is C23H18N2O2S. The van der Waals surface area contributed by atoms with Gasteiger partial charge in [0.05, 0.1) is 11.4 Å². The van der Waals surface area contributed by atoms with Crippen LogP contribution in [0.3, 0.4) is 0 Å². The molecule has 0 unspecified atom stereocenters. The normalized spacial score (nSPS) is 12.9.